The number of nitrogens with zero attached hydrogens (tertiary/aromatic N) is 2. The first-order valence-electron chi connectivity index (χ1n) is 6.61. The summed E-state index contributed by atoms with van der Waals surface area (Å²) in [6, 6.07) is 1.80. The largest absolute Gasteiger partial charge is 0.471 e. The number of aromatic nitrogens is 1. The summed E-state index contributed by atoms with van der Waals surface area (Å²) < 4.78 is 11.0. The van der Waals surface area contributed by atoms with Crippen LogP contribution >= 0.6 is 0 Å². The van der Waals surface area contributed by atoms with Crippen molar-refractivity contribution < 1.29 is 14.3 Å². The van der Waals surface area contributed by atoms with Gasteiger partial charge in [0.1, 0.15) is 11.7 Å². The molecule has 6 heteroatoms. The number of aryl methyl sites for hydroxylation is 1. The van der Waals surface area contributed by atoms with Gasteiger partial charge in [0.15, 0.2) is 0 Å². The van der Waals surface area contributed by atoms with Crippen LogP contribution in [0.2, 0.25) is 0 Å². The molecule has 1 amide bonds. The Morgan fingerprint density at radius 3 is 2.65 bits per heavy atom. The molecule has 6 nitrogen and oxygen atoms in total. The van der Waals surface area contributed by atoms with E-state index in [1.54, 1.807) is 17.2 Å². The number of hydrogen-bond acceptors (Lipinski definition) is 5. The first kappa shape index (κ1) is 14.4. The highest BCUT2D eigenvalue weighted by molar-refractivity contribution is 5.69. The summed E-state index contributed by atoms with van der Waals surface area (Å²) in [6.45, 7) is 8.47. The minimum atomic E-state index is -0.474. The SMILES string of the molecule is Cc1cc(OC2CN(C(=O)OC(C)(C)C)C2)ncc1N. The van der Waals surface area contributed by atoms with Gasteiger partial charge in [0, 0.05) is 6.07 Å². The maximum Gasteiger partial charge on any atom is 0.410 e. The molecular formula is C14H21N3O3. The van der Waals surface area contributed by atoms with Gasteiger partial charge in [0.05, 0.1) is 25.0 Å². The molecule has 1 aromatic heterocycles. The van der Waals surface area contributed by atoms with E-state index in [1.165, 1.54) is 0 Å². The van der Waals surface area contributed by atoms with Crippen molar-refractivity contribution in [3.05, 3.63) is 17.8 Å². The highest BCUT2D eigenvalue weighted by atomic mass is 16.6. The average molecular weight is 279 g/mol. The summed E-state index contributed by atoms with van der Waals surface area (Å²) in [6.07, 6.45) is 1.23. The van der Waals surface area contributed by atoms with E-state index in [9.17, 15) is 4.79 Å². The fourth-order valence-electron chi connectivity index (χ4n) is 1.76. The minimum absolute atomic E-state index is 0.0435. The van der Waals surface area contributed by atoms with Crippen LogP contribution < -0.4 is 10.5 Å². The van der Waals surface area contributed by atoms with Crippen molar-refractivity contribution in [3.63, 3.8) is 0 Å². The third-order valence-electron chi connectivity index (χ3n) is 2.91. The summed E-state index contributed by atoms with van der Waals surface area (Å²) in [4.78, 5) is 17.5. The fourth-order valence-corrected chi connectivity index (χ4v) is 1.76. The van der Waals surface area contributed by atoms with E-state index < -0.39 is 5.60 Å². The molecule has 0 aromatic carbocycles. The third-order valence-corrected chi connectivity index (χ3v) is 2.91. The van der Waals surface area contributed by atoms with Crippen LogP contribution in [-0.2, 0) is 4.74 Å². The molecule has 2 N–H and O–H groups in total. The highest BCUT2D eigenvalue weighted by Gasteiger charge is 2.35. The van der Waals surface area contributed by atoms with E-state index in [0.29, 0.717) is 24.7 Å². The second-order valence-electron chi connectivity index (χ2n) is 6.00. The van der Waals surface area contributed by atoms with Gasteiger partial charge in [0.25, 0.3) is 0 Å². The quantitative estimate of drug-likeness (QED) is 0.895. The van der Waals surface area contributed by atoms with Gasteiger partial charge >= 0.3 is 6.09 Å². The van der Waals surface area contributed by atoms with Crippen molar-refractivity contribution >= 4 is 11.8 Å². The van der Waals surface area contributed by atoms with Crippen molar-refractivity contribution in [1.29, 1.82) is 0 Å². The predicted octanol–water partition coefficient (Wildman–Crippen LogP) is 1.97. The number of carbonyl (C=O) groups excluding carboxylic acids is 1. The normalized spacial score (nSPS) is 15.7. The van der Waals surface area contributed by atoms with Gasteiger partial charge in [-0.1, -0.05) is 0 Å². The zero-order valence-corrected chi connectivity index (χ0v) is 12.3. The molecule has 0 unspecified atom stereocenters. The van der Waals surface area contributed by atoms with E-state index >= 15 is 0 Å². The van der Waals surface area contributed by atoms with Crippen LogP contribution in [0, 0.1) is 6.92 Å². The first-order chi connectivity index (χ1) is 9.24. The number of anilines is 1. The summed E-state index contributed by atoms with van der Waals surface area (Å²) in [5.41, 5.74) is 6.79. The number of carbonyl (C=O) groups is 1. The van der Waals surface area contributed by atoms with Crippen LogP contribution in [0.15, 0.2) is 12.3 Å². The maximum atomic E-state index is 11.8. The van der Waals surface area contributed by atoms with E-state index in [-0.39, 0.29) is 12.2 Å². The summed E-state index contributed by atoms with van der Waals surface area (Å²) >= 11 is 0. The lowest BCUT2D eigenvalue weighted by Crippen LogP contribution is -2.57. The van der Waals surface area contributed by atoms with E-state index in [1.807, 2.05) is 27.7 Å². The second-order valence-corrected chi connectivity index (χ2v) is 6.00. The molecule has 0 radical (unpaired) electrons. The number of amides is 1. The van der Waals surface area contributed by atoms with Crippen LogP contribution in [0.4, 0.5) is 10.5 Å². The predicted molar refractivity (Wildman–Crippen MR) is 75.6 cm³/mol. The number of rotatable bonds is 2. The molecule has 1 fully saturated rings. The molecule has 1 saturated heterocycles. The number of hydrogen-bond donors (Lipinski definition) is 1. The van der Waals surface area contributed by atoms with Gasteiger partial charge < -0.3 is 20.1 Å². The molecule has 1 aliphatic heterocycles. The van der Waals surface area contributed by atoms with Crippen molar-refractivity contribution in [1.82, 2.24) is 9.88 Å². The summed E-state index contributed by atoms with van der Waals surface area (Å²) in [5.74, 6) is 0.533. The molecule has 1 aliphatic rings. The number of likely N-dealkylation sites (tertiary alicyclic amines) is 1. The molecule has 0 atom stereocenters. The summed E-state index contributed by atoms with van der Waals surface area (Å²) in [7, 11) is 0. The maximum absolute atomic E-state index is 11.8. The number of nitrogens with two attached hydrogens (primary N) is 1. The van der Waals surface area contributed by atoms with Crippen molar-refractivity contribution in [2.24, 2.45) is 0 Å². The van der Waals surface area contributed by atoms with Gasteiger partial charge in [-0.15, -0.1) is 0 Å². The highest BCUT2D eigenvalue weighted by Crippen LogP contribution is 2.21. The van der Waals surface area contributed by atoms with Crippen LogP contribution in [-0.4, -0.2) is 40.8 Å². The van der Waals surface area contributed by atoms with E-state index in [2.05, 4.69) is 4.98 Å². The zero-order valence-electron chi connectivity index (χ0n) is 12.3. The van der Waals surface area contributed by atoms with Gasteiger partial charge in [-0.25, -0.2) is 9.78 Å². The van der Waals surface area contributed by atoms with E-state index in [4.69, 9.17) is 15.2 Å². The fraction of sp³-hybridized carbons (Fsp3) is 0.571. The molecule has 1 aromatic rings. The lowest BCUT2D eigenvalue weighted by Gasteiger charge is -2.39. The van der Waals surface area contributed by atoms with Crippen LogP contribution in [0.3, 0.4) is 0 Å². The average Bonchev–Trinajstić information content (AvgIpc) is 2.25. The smallest absolute Gasteiger partial charge is 0.410 e. The Balaban J connectivity index is 1.82. The molecule has 20 heavy (non-hydrogen) atoms. The molecule has 110 valence electrons. The van der Waals surface area contributed by atoms with Gasteiger partial charge in [-0.05, 0) is 33.3 Å². The third kappa shape index (κ3) is 3.53. The molecular weight excluding hydrogens is 258 g/mol. The Labute approximate surface area is 118 Å². The number of ether oxygens (including phenoxy) is 2. The molecule has 2 heterocycles. The van der Waals surface area contributed by atoms with Gasteiger partial charge in [-0.2, -0.15) is 0 Å². The standard InChI is InChI=1S/C14H21N3O3/c1-9-5-12(16-6-11(9)15)19-10-7-17(8-10)13(18)20-14(2,3)4/h5-6,10H,7-8,15H2,1-4H3. The monoisotopic (exact) mass is 279 g/mol. The number of nitrogen functional groups attached to an aromatic ring is 1. The zero-order chi connectivity index (χ0) is 14.9. The van der Waals surface area contributed by atoms with E-state index in [0.717, 1.165) is 5.56 Å². The van der Waals surface area contributed by atoms with Crippen LogP contribution in [0.1, 0.15) is 26.3 Å². The van der Waals surface area contributed by atoms with Crippen LogP contribution in [0.25, 0.3) is 0 Å². The molecule has 0 bridgehead atoms. The van der Waals surface area contributed by atoms with Gasteiger partial charge in [-0.3, -0.25) is 0 Å². The molecule has 2 rings (SSSR count). The topological polar surface area (TPSA) is 77.7 Å². The second kappa shape index (κ2) is 5.19. The Morgan fingerprint density at radius 1 is 1.45 bits per heavy atom. The van der Waals surface area contributed by atoms with Crippen molar-refractivity contribution in [2.45, 2.75) is 39.4 Å². The minimum Gasteiger partial charge on any atom is -0.471 e. The molecule has 0 saturated carbocycles. The Kier molecular flexibility index (Phi) is 3.74. The van der Waals surface area contributed by atoms with Crippen LogP contribution in [0.5, 0.6) is 5.88 Å². The lowest BCUT2D eigenvalue weighted by atomic mass is 10.1. The Bertz CT molecular complexity index is 505. The first-order valence-corrected chi connectivity index (χ1v) is 6.61. The molecule has 0 aliphatic carbocycles. The van der Waals surface area contributed by atoms with Crippen molar-refractivity contribution in [3.8, 4) is 5.88 Å². The molecule has 0 spiro atoms. The van der Waals surface area contributed by atoms with Gasteiger partial charge in [0.2, 0.25) is 5.88 Å². The number of pyridine rings is 1. The Hall–Kier alpha value is -1.98. The lowest BCUT2D eigenvalue weighted by molar-refractivity contribution is -0.0232. The van der Waals surface area contributed by atoms with Crippen molar-refractivity contribution in [2.75, 3.05) is 18.8 Å². The summed E-state index contributed by atoms with van der Waals surface area (Å²) in [5, 5.41) is 0. The Morgan fingerprint density at radius 2 is 2.10 bits per heavy atom.